The average molecular weight is 515 g/mol. The number of aryl methyl sites for hydroxylation is 2. The van der Waals surface area contributed by atoms with Gasteiger partial charge in [0.2, 0.25) is 41.8 Å². The van der Waals surface area contributed by atoms with Crippen LogP contribution in [0.3, 0.4) is 0 Å². The Hall–Kier alpha value is -3.46. The quantitative estimate of drug-likeness (QED) is 0.140. The van der Waals surface area contributed by atoms with Crippen molar-refractivity contribution in [3.63, 3.8) is 0 Å². The summed E-state index contributed by atoms with van der Waals surface area (Å²) in [6.45, 7) is 0. The summed E-state index contributed by atoms with van der Waals surface area (Å²) in [7, 11) is 0. The molecule has 0 spiro atoms. The molecule has 0 aliphatic rings. The van der Waals surface area contributed by atoms with E-state index in [1.165, 1.54) is 71.4 Å². The van der Waals surface area contributed by atoms with Gasteiger partial charge in [-0.25, -0.2) is 0 Å². The molecule has 2 aromatic heterocycles. The van der Waals surface area contributed by atoms with Crippen LogP contribution in [0.1, 0.15) is 30.4 Å². The molecule has 2 heterocycles. The zero-order chi connectivity index (χ0) is 24.9. The summed E-state index contributed by atoms with van der Waals surface area (Å²) in [4.78, 5) is 2.72. The fourth-order valence-electron chi connectivity index (χ4n) is 5.12. The Bertz CT molecular complexity index is 1510. The molecule has 0 saturated heterocycles. The van der Waals surface area contributed by atoms with E-state index in [1.807, 2.05) is 22.7 Å². The summed E-state index contributed by atoms with van der Waals surface area (Å²) in [6, 6.07) is 44.2. The predicted octanol–water partition coefficient (Wildman–Crippen LogP) is 11.0. The molecule has 0 saturated carbocycles. The lowest BCUT2D eigenvalue weighted by Crippen LogP contribution is -1.92. The van der Waals surface area contributed by atoms with Gasteiger partial charge < -0.3 is 0 Å². The summed E-state index contributed by atoms with van der Waals surface area (Å²) in [5.41, 5.74) is 5.58. The third-order valence-electron chi connectivity index (χ3n) is 7.03. The van der Waals surface area contributed by atoms with Gasteiger partial charge in [-0.15, -0.1) is 0 Å². The van der Waals surface area contributed by atoms with Gasteiger partial charge in [-0.3, -0.25) is 0 Å². The minimum atomic E-state index is 1.13. The van der Waals surface area contributed by atoms with Crippen molar-refractivity contribution < 1.29 is 0 Å². The molecule has 2 heteroatoms. The maximum absolute atomic E-state index is 2.43. The third kappa shape index (κ3) is 5.46. The molecule has 0 aliphatic heterocycles. The molecule has 0 unspecified atom stereocenters. The summed E-state index contributed by atoms with van der Waals surface area (Å²) in [5.74, 6) is 0. The average Bonchev–Trinajstić information content (AvgIpc) is 2.97. The Morgan fingerprint density at radius 3 is 1.27 bits per heavy atom. The maximum Gasteiger partial charge on any atom is 0.239 e. The maximum atomic E-state index is 2.43. The van der Waals surface area contributed by atoms with Crippen molar-refractivity contribution in [1.29, 1.82) is 0 Å². The number of hydrogen-bond acceptors (Lipinski definition) is 0. The van der Waals surface area contributed by atoms with Gasteiger partial charge in [0.05, 0.1) is 0 Å². The number of fused-ring (bicyclic) bond motifs is 2. The first-order chi connectivity index (χ1) is 18.3. The number of hydrogen-bond donors (Lipinski definition) is 0. The van der Waals surface area contributed by atoms with Crippen LogP contribution in [0.4, 0.5) is 0 Å². The molecule has 6 rings (SSSR count). The standard InChI is InChI=1S/C35H30S2/c1-4-14-26(15-5-1)34-24-28(30-20-10-12-22-32(30)36-34)18-8-3-9-19-29-25-35(27-16-6-2-7-17-27)37-33-23-13-11-21-31(29)33/h1-2,4-7,10-17,20-25H,3,8-9,18-19H2/q+2. The minimum Gasteiger partial charge on any atom is -0.0622 e. The van der Waals surface area contributed by atoms with Gasteiger partial charge in [-0.2, -0.15) is 0 Å². The number of benzene rings is 4. The Morgan fingerprint density at radius 1 is 0.405 bits per heavy atom. The summed E-state index contributed by atoms with van der Waals surface area (Å²) in [5, 5.41) is 2.82. The molecule has 180 valence electrons. The molecular formula is C35H30S2+2. The highest BCUT2D eigenvalue weighted by Crippen LogP contribution is 2.35. The Morgan fingerprint density at radius 2 is 0.811 bits per heavy atom. The Balaban J connectivity index is 1.18. The highest BCUT2D eigenvalue weighted by Gasteiger charge is 2.18. The highest BCUT2D eigenvalue weighted by molar-refractivity contribution is 7.22. The number of rotatable bonds is 8. The van der Waals surface area contributed by atoms with Crippen LogP contribution >= 0.6 is 22.7 Å². The van der Waals surface area contributed by atoms with E-state index in [2.05, 4.69) is 121 Å². The van der Waals surface area contributed by atoms with Gasteiger partial charge in [-0.1, -0.05) is 67.1 Å². The van der Waals surface area contributed by atoms with Crippen molar-refractivity contribution in [2.75, 3.05) is 0 Å². The van der Waals surface area contributed by atoms with Gasteiger partial charge in [0.1, 0.15) is 0 Å². The molecule has 0 atom stereocenters. The monoisotopic (exact) mass is 514 g/mol. The van der Waals surface area contributed by atoms with Crippen molar-refractivity contribution in [3.05, 3.63) is 132 Å². The van der Waals surface area contributed by atoms with E-state index in [-0.39, 0.29) is 0 Å². The van der Waals surface area contributed by atoms with E-state index >= 15 is 0 Å². The van der Waals surface area contributed by atoms with Crippen molar-refractivity contribution in [3.8, 4) is 20.9 Å². The third-order valence-corrected chi connectivity index (χ3v) is 9.32. The molecule has 6 aromatic rings. The van der Waals surface area contributed by atoms with Crippen LogP contribution in [0.5, 0.6) is 0 Å². The van der Waals surface area contributed by atoms with Crippen LogP contribution in [0, 0.1) is 0 Å². The van der Waals surface area contributed by atoms with E-state index in [9.17, 15) is 0 Å². The van der Waals surface area contributed by atoms with Crippen molar-refractivity contribution >= 4 is 42.8 Å². The molecule has 0 amide bonds. The van der Waals surface area contributed by atoms with Crippen LogP contribution in [0.15, 0.2) is 121 Å². The van der Waals surface area contributed by atoms with Crippen molar-refractivity contribution in [2.45, 2.75) is 32.1 Å². The molecular weight excluding hydrogens is 485 g/mol. The fraction of sp³-hybridized carbons (Fsp3) is 0.143. The lowest BCUT2D eigenvalue weighted by Gasteiger charge is -2.06. The van der Waals surface area contributed by atoms with E-state index in [0.29, 0.717) is 0 Å². The van der Waals surface area contributed by atoms with Crippen molar-refractivity contribution in [2.24, 2.45) is 0 Å². The second-order valence-electron chi connectivity index (χ2n) is 9.56. The molecule has 37 heavy (non-hydrogen) atoms. The predicted molar refractivity (Wildman–Crippen MR) is 165 cm³/mol. The van der Waals surface area contributed by atoms with Crippen LogP contribution < -0.4 is 0 Å². The smallest absolute Gasteiger partial charge is 0.0622 e. The highest BCUT2D eigenvalue weighted by atomic mass is 32.1. The number of unbranched alkanes of at least 4 members (excludes halogenated alkanes) is 2. The SMILES string of the molecule is c1ccc(-c2cc(CCCCCc3cc(-c4ccccc4)[s+]c4ccccc34)c3ccccc3[s+]2)cc1. The molecule has 0 nitrogen and oxygen atoms in total. The second kappa shape index (κ2) is 11.3. The first kappa shape index (κ1) is 23.9. The van der Waals surface area contributed by atoms with E-state index in [1.54, 1.807) is 0 Å². The topological polar surface area (TPSA) is 0 Å². The molecule has 0 bridgehead atoms. The first-order valence-electron chi connectivity index (χ1n) is 13.2. The van der Waals surface area contributed by atoms with Crippen molar-refractivity contribution in [1.82, 2.24) is 0 Å². The lowest BCUT2D eigenvalue weighted by atomic mass is 9.99. The minimum absolute atomic E-state index is 1.13. The van der Waals surface area contributed by atoms with Crippen LogP contribution in [-0.2, 0) is 12.8 Å². The first-order valence-corrected chi connectivity index (χ1v) is 14.8. The normalized spacial score (nSPS) is 11.2. The summed E-state index contributed by atoms with van der Waals surface area (Å²) < 4.78 is 2.76. The molecule has 4 aromatic carbocycles. The second-order valence-corrected chi connectivity index (χ2v) is 11.7. The van der Waals surface area contributed by atoms with Gasteiger partial charge in [0.25, 0.3) is 0 Å². The molecule has 0 fully saturated rings. The summed E-state index contributed by atoms with van der Waals surface area (Å²) in [6.07, 6.45) is 5.92. The van der Waals surface area contributed by atoms with Gasteiger partial charge in [-0.05, 0) is 73.2 Å². The van der Waals surface area contributed by atoms with Gasteiger partial charge >= 0.3 is 0 Å². The molecule has 0 aliphatic carbocycles. The largest absolute Gasteiger partial charge is 0.239 e. The molecule has 0 N–H and O–H groups in total. The van der Waals surface area contributed by atoms with Crippen LogP contribution in [0.25, 0.3) is 41.1 Å². The van der Waals surface area contributed by atoms with Crippen LogP contribution in [-0.4, -0.2) is 0 Å². The van der Waals surface area contributed by atoms with Crippen LogP contribution in [0.2, 0.25) is 0 Å². The Kier molecular flexibility index (Phi) is 7.30. The van der Waals surface area contributed by atoms with E-state index < -0.39 is 0 Å². The van der Waals surface area contributed by atoms with E-state index in [4.69, 9.17) is 0 Å². The lowest BCUT2D eigenvalue weighted by molar-refractivity contribution is 0.682. The zero-order valence-corrected chi connectivity index (χ0v) is 22.5. The molecule has 0 radical (unpaired) electrons. The summed E-state index contributed by atoms with van der Waals surface area (Å²) >= 11 is 3.79. The fourth-order valence-corrected chi connectivity index (χ4v) is 7.42. The Labute approximate surface area is 227 Å². The van der Waals surface area contributed by atoms with Gasteiger partial charge in [0, 0.05) is 46.2 Å². The zero-order valence-electron chi connectivity index (χ0n) is 20.9. The van der Waals surface area contributed by atoms with Gasteiger partial charge in [0.15, 0.2) is 0 Å². The van der Waals surface area contributed by atoms with E-state index in [0.717, 1.165) is 12.8 Å².